The third-order valence-corrected chi connectivity index (χ3v) is 1.36. The van der Waals surface area contributed by atoms with Crippen molar-refractivity contribution in [2.75, 3.05) is 5.73 Å². The number of rotatable bonds is 3. The van der Waals surface area contributed by atoms with Gasteiger partial charge in [-0.05, 0) is 17.7 Å². The van der Waals surface area contributed by atoms with E-state index < -0.39 is 0 Å². The lowest BCUT2D eigenvalue weighted by Gasteiger charge is -1.99. The molecule has 0 saturated heterocycles. The molecule has 3 heteroatoms. The molecule has 0 unspecified atom stereocenters. The number of nitrogens with two attached hydrogens (primary N) is 1. The minimum absolute atomic E-state index is 0.629. The molecule has 1 rings (SSSR count). The van der Waals surface area contributed by atoms with E-state index in [1.807, 2.05) is 24.3 Å². The van der Waals surface area contributed by atoms with Crippen LogP contribution >= 0.6 is 0 Å². The van der Waals surface area contributed by atoms with Crippen LogP contribution in [0.25, 0.3) is 0 Å². The van der Waals surface area contributed by atoms with Crippen molar-refractivity contribution in [3.8, 4) is 0 Å². The summed E-state index contributed by atoms with van der Waals surface area (Å²) in [7, 11) is 0. The number of nitrogen functional groups attached to an aromatic ring is 1. The quantitative estimate of drug-likeness (QED) is 0.257. The average molecular weight is 148 g/mol. The van der Waals surface area contributed by atoms with E-state index in [0.717, 1.165) is 11.3 Å². The van der Waals surface area contributed by atoms with Crippen molar-refractivity contribution in [1.29, 1.82) is 5.41 Å². The van der Waals surface area contributed by atoms with Gasteiger partial charge >= 0.3 is 0 Å². The van der Waals surface area contributed by atoms with E-state index in [2.05, 4.69) is 11.7 Å². The molecule has 0 aliphatic heterocycles. The van der Waals surface area contributed by atoms with Crippen molar-refractivity contribution in [3.05, 3.63) is 29.8 Å². The molecule has 11 heavy (non-hydrogen) atoms. The fourth-order valence-electron chi connectivity index (χ4n) is 0.782. The molecule has 0 amide bonds. The molecular formula is C8H10N3. The Morgan fingerprint density at radius 3 is 2.55 bits per heavy atom. The maximum absolute atomic E-state index is 6.61. The van der Waals surface area contributed by atoms with Gasteiger partial charge in [0.2, 0.25) is 0 Å². The topological polar surface area (TPSA) is 61.9 Å². The summed E-state index contributed by atoms with van der Waals surface area (Å²) in [5.41, 5.74) is 7.34. The van der Waals surface area contributed by atoms with Gasteiger partial charge in [0, 0.05) is 12.2 Å². The van der Waals surface area contributed by atoms with Crippen molar-refractivity contribution in [2.24, 2.45) is 0 Å². The fraction of sp³-hybridized carbons (Fsp3) is 0.125. The van der Waals surface area contributed by atoms with E-state index in [9.17, 15) is 0 Å². The van der Waals surface area contributed by atoms with E-state index >= 15 is 0 Å². The minimum Gasteiger partial charge on any atom is -0.399 e. The highest BCUT2D eigenvalue weighted by Gasteiger charge is 1.88. The molecule has 0 aliphatic rings. The first-order valence-electron chi connectivity index (χ1n) is 3.32. The van der Waals surface area contributed by atoms with Gasteiger partial charge in [-0.3, -0.25) is 5.41 Å². The second-order valence-corrected chi connectivity index (χ2v) is 2.22. The van der Waals surface area contributed by atoms with Crippen LogP contribution in [-0.4, -0.2) is 6.34 Å². The Balaban J connectivity index is 2.58. The Morgan fingerprint density at radius 1 is 1.36 bits per heavy atom. The second-order valence-electron chi connectivity index (χ2n) is 2.22. The molecule has 0 atom stereocenters. The summed E-state index contributed by atoms with van der Waals surface area (Å²) in [6.45, 7) is 0.629. The summed E-state index contributed by atoms with van der Waals surface area (Å²) in [6, 6.07) is 7.50. The van der Waals surface area contributed by atoms with Crippen molar-refractivity contribution in [3.63, 3.8) is 0 Å². The van der Waals surface area contributed by atoms with Crippen LogP contribution in [0.4, 0.5) is 5.69 Å². The molecule has 0 bridgehead atoms. The maximum Gasteiger partial charge on any atom is 0.161 e. The number of hydrogen-bond donors (Lipinski definition) is 3. The van der Waals surface area contributed by atoms with Gasteiger partial charge in [0.05, 0.1) is 0 Å². The van der Waals surface area contributed by atoms with Crippen LogP contribution < -0.4 is 11.1 Å². The molecule has 1 aromatic rings. The summed E-state index contributed by atoms with van der Waals surface area (Å²) in [6.07, 6.45) is 2.10. The van der Waals surface area contributed by atoms with Crippen molar-refractivity contribution in [1.82, 2.24) is 5.32 Å². The Kier molecular flexibility index (Phi) is 2.49. The summed E-state index contributed by atoms with van der Waals surface area (Å²) < 4.78 is 0. The largest absolute Gasteiger partial charge is 0.399 e. The van der Waals surface area contributed by atoms with Gasteiger partial charge < -0.3 is 11.1 Å². The Bertz CT molecular complexity index is 228. The van der Waals surface area contributed by atoms with Gasteiger partial charge in [0.25, 0.3) is 0 Å². The highest BCUT2D eigenvalue weighted by Crippen LogP contribution is 2.04. The SMILES string of the molecule is N=[C]NCc1ccc(N)cc1. The van der Waals surface area contributed by atoms with Gasteiger partial charge in [0.15, 0.2) is 6.34 Å². The predicted octanol–water partition coefficient (Wildman–Crippen LogP) is 0.842. The van der Waals surface area contributed by atoms with Crippen molar-refractivity contribution < 1.29 is 0 Å². The molecule has 57 valence electrons. The Hall–Kier alpha value is -1.51. The Labute approximate surface area is 65.7 Å². The Morgan fingerprint density at radius 2 is 2.00 bits per heavy atom. The zero-order valence-electron chi connectivity index (χ0n) is 6.09. The van der Waals surface area contributed by atoms with Crippen LogP contribution in [0.3, 0.4) is 0 Å². The molecule has 0 fully saturated rings. The molecule has 0 aliphatic carbocycles. The molecule has 0 heterocycles. The normalized spacial score (nSPS) is 9.09. The van der Waals surface area contributed by atoms with E-state index in [1.165, 1.54) is 0 Å². The minimum atomic E-state index is 0.629. The van der Waals surface area contributed by atoms with Crippen LogP contribution in [0.5, 0.6) is 0 Å². The van der Waals surface area contributed by atoms with Gasteiger partial charge in [-0.15, -0.1) is 0 Å². The lowest BCUT2D eigenvalue weighted by molar-refractivity contribution is 0.928. The maximum atomic E-state index is 6.61. The lowest BCUT2D eigenvalue weighted by atomic mass is 10.2. The summed E-state index contributed by atoms with van der Waals surface area (Å²) >= 11 is 0. The molecule has 4 N–H and O–H groups in total. The predicted molar refractivity (Wildman–Crippen MR) is 45.4 cm³/mol. The molecular weight excluding hydrogens is 138 g/mol. The fourth-order valence-corrected chi connectivity index (χ4v) is 0.782. The van der Waals surface area contributed by atoms with Crippen LogP contribution in [0.2, 0.25) is 0 Å². The first-order valence-corrected chi connectivity index (χ1v) is 3.32. The van der Waals surface area contributed by atoms with Crippen LogP contribution in [0.1, 0.15) is 5.56 Å². The monoisotopic (exact) mass is 148 g/mol. The summed E-state index contributed by atoms with van der Waals surface area (Å²) in [5.74, 6) is 0. The van der Waals surface area contributed by atoms with Crippen molar-refractivity contribution in [2.45, 2.75) is 6.54 Å². The first kappa shape index (κ1) is 7.60. The van der Waals surface area contributed by atoms with Crippen LogP contribution in [0.15, 0.2) is 24.3 Å². The third kappa shape index (κ3) is 2.29. The van der Waals surface area contributed by atoms with Gasteiger partial charge in [-0.1, -0.05) is 12.1 Å². The molecule has 0 spiro atoms. The third-order valence-electron chi connectivity index (χ3n) is 1.36. The van der Waals surface area contributed by atoms with Crippen LogP contribution in [-0.2, 0) is 6.54 Å². The molecule has 0 aromatic heterocycles. The molecule has 1 aromatic carbocycles. The standard InChI is InChI=1S/C8H10N3/c9-6-11-5-7-1-3-8(10)4-2-7/h1-4H,5,10H2,(H2,9,11). The number of anilines is 1. The number of nitrogens with one attached hydrogen (secondary N) is 2. The zero-order chi connectivity index (χ0) is 8.10. The first-order chi connectivity index (χ1) is 5.33. The van der Waals surface area contributed by atoms with E-state index in [0.29, 0.717) is 6.54 Å². The van der Waals surface area contributed by atoms with E-state index in [4.69, 9.17) is 11.1 Å². The van der Waals surface area contributed by atoms with Crippen molar-refractivity contribution >= 4 is 12.0 Å². The molecule has 1 radical (unpaired) electrons. The van der Waals surface area contributed by atoms with Crippen LogP contribution in [0, 0.1) is 5.41 Å². The van der Waals surface area contributed by atoms with E-state index in [1.54, 1.807) is 0 Å². The highest BCUT2D eigenvalue weighted by atomic mass is 14.9. The highest BCUT2D eigenvalue weighted by molar-refractivity contribution is 5.50. The lowest BCUT2D eigenvalue weighted by Crippen LogP contribution is -2.08. The molecule has 3 nitrogen and oxygen atoms in total. The zero-order valence-corrected chi connectivity index (χ0v) is 6.09. The van der Waals surface area contributed by atoms with Gasteiger partial charge in [-0.2, -0.15) is 0 Å². The smallest absolute Gasteiger partial charge is 0.161 e. The second kappa shape index (κ2) is 3.61. The summed E-state index contributed by atoms with van der Waals surface area (Å²) in [4.78, 5) is 0. The summed E-state index contributed by atoms with van der Waals surface area (Å²) in [5, 5.41) is 9.27. The van der Waals surface area contributed by atoms with Gasteiger partial charge in [-0.25, -0.2) is 0 Å². The average Bonchev–Trinajstić information content (AvgIpc) is 2.04. The number of benzene rings is 1. The number of hydrogen-bond acceptors (Lipinski definition) is 2. The molecule has 0 saturated carbocycles. The van der Waals surface area contributed by atoms with Gasteiger partial charge in [0.1, 0.15) is 0 Å². The van der Waals surface area contributed by atoms with E-state index in [-0.39, 0.29) is 0 Å².